The van der Waals surface area contributed by atoms with E-state index < -0.39 is 0 Å². The van der Waals surface area contributed by atoms with E-state index in [2.05, 4.69) is 49.1 Å². The molecule has 0 aliphatic carbocycles. The van der Waals surface area contributed by atoms with Gasteiger partial charge in [0.25, 0.3) is 5.91 Å². The smallest absolute Gasteiger partial charge is 0.272 e. The zero-order valence-electron chi connectivity index (χ0n) is 21.0. The lowest BCUT2D eigenvalue weighted by Gasteiger charge is -2.34. The van der Waals surface area contributed by atoms with Gasteiger partial charge in [0.1, 0.15) is 23.1 Å². The number of hydrogen-bond acceptors (Lipinski definition) is 9. The molecule has 0 spiro atoms. The van der Waals surface area contributed by atoms with Crippen molar-refractivity contribution in [3.63, 3.8) is 0 Å². The second kappa shape index (κ2) is 10.3. The fourth-order valence-electron chi connectivity index (χ4n) is 4.76. The van der Waals surface area contributed by atoms with Crippen molar-refractivity contribution in [2.75, 3.05) is 31.9 Å². The number of rotatable bonds is 5. The molecule has 5 heterocycles. The number of imidazole rings is 1. The summed E-state index contributed by atoms with van der Waals surface area (Å²) in [6.07, 6.45) is 4.86. The maximum absolute atomic E-state index is 12.8. The number of nitrogens with two attached hydrogens (primary N) is 1. The first-order chi connectivity index (χ1) is 19.1. The van der Waals surface area contributed by atoms with E-state index in [1.165, 1.54) is 6.20 Å². The lowest BCUT2D eigenvalue weighted by molar-refractivity contribution is 0.0622. The molecule has 0 radical (unpaired) electrons. The van der Waals surface area contributed by atoms with Gasteiger partial charge in [0.2, 0.25) is 5.82 Å². The van der Waals surface area contributed by atoms with Gasteiger partial charge < -0.3 is 10.6 Å². The van der Waals surface area contributed by atoms with Crippen LogP contribution in [0, 0.1) is 11.3 Å². The second-order valence-electron chi connectivity index (χ2n) is 9.17. The molecule has 1 fully saturated rings. The average Bonchev–Trinajstić information content (AvgIpc) is 3.37. The second-order valence-corrected chi connectivity index (χ2v) is 9.17. The molecule has 0 saturated carbocycles. The van der Waals surface area contributed by atoms with Crippen LogP contribution >= 0.6 is 0 Å². The Morgan fingerprint density at radius 2 is 1.67 bits per heavy atom. The minimum atomic E-state index is -0.177. The van der Waals surface area contributed by atoms with Crippen molar-refractivity contribution < 1.29 is 4.79 Å². The molecule has 11 nitrogen and oxygen atoms in total. The largest absolute Gasteiger partial charge is 0.383 e. The number of carbonyl (C=O) groups excluding carboxylic acids is 1. The monoisotopic (exact) mass is 516 g/mol. The summed E-state index contributed by atoms with van der Waals surface area (Å²) in [5.74, 6) is 0.921. The number of nitrogens with zero attached hydrogens (tertiary/aromatic N) is 9. The lowest BCUT2D eigenvalue weighted by Crippen LogP contribution is -2.48. The molecule has 0 bridgehead atoms. The predicted molar refractivity (Wildman–Crippen MR) is 144 cm³/mol. The number of fused-ring (bicyclic) bond motifs is 1. The molecule has 1 saturated heterocycles. The first-order valence-corrected chi connectivity index (χ1v) is 12.5. The van der Waals surface area contributed by atoms with E-state index in [1.54, 1.807) is 23.4 Å². The SMILES string of the molecule is N#Cc1nccc(C(=O)N2CCN(Cc3ccc(-n4c(-c5cccnc5N)nc5cccnc54)cc3)CC2)n1. The van der Waals surface area contributed by atoms with Gasteiger partial charge in [-0.15, -0.1) is 0 Å². The maximum atomic E-state index is 12.8. The molecular formula is C28H24N10O. The zero-order valence-corrected chi connectivity index (χ0v) is 21.0. The Labute approximate surface area is 224 Å². The van der Waals surface area contributed by atoms with Gasteiger partial charge in [-0.05, 0) is 48.0 Å². The summed E-state index contributed by atoms with van der Waals surface area (Å²) in [6.45, 7) is 3.42. The molecular weight excluding hydrogens is 492 g/mol. The number of anilines is 1. The van der Waals surface area contributed by atoms with Crippen molar-refractivity contribution in [2.24, 2.45) is 0 Å². The van der Waals surface area contributed by atoms with Gasteiger partial charge >= 0.3 is 0 Å². The number of piperazine rings is 1. The van der Waals surface area contributed by atoms with E-state index in [4.69, 9.17) is 16.0 Å². The van der Waals surface area contributed by atoms with Gasteiger partial charge in [-0.2, -0.15) is 5.26 Å². The van der Waals surface area contributed by atoms with Gasteiger partial charge in [0.15, 0.2) is 11.5 Å². The lowest BCUT2D eigenvalue weighted by atomic mass is 10.1. The summed E-state index contributed by atoms with van der Waals surface area (Å²) < 4.78 is 2.00. The highest BCUT2D eigenvalue weighted by molar-refractivity contribution is 5.92. The van der Waals surface area contributed by atoms with Gasteiger partial charge in [-0.1, -0.05) is 12.1 Å². The summed E-state index contributed by atoms with van der Waals surface area (Å²) >= 11 is 0. The summed E-state index contributed by atoms with van der Waals surface area (Å²) in [7, 11) is 0. The van der Waals surface area contributed by atoms with E-state index in [0.29, 0.717) is 24.7 Å². The normalized spacial score (nSPS) is 13.9. The average molecular weight is 517 g/mol. The van der Waals surface area contributed by atoms with Gasteiger partial charge in [-0.3, -0.25) is 14.3 Å². The van der Waals surface area contributed by atoms with E-state index in [-0.39, 0.29) is 17.4 Å². The molecule has 192 valence electrons. The number of carbonyl (C=O) groups is 1. The number of nitriles is 1. The summed E-state index contributed by atoms with van der Waals surface area (Å²) in [5.41, 5.74) is 10.8. The van der Waals surface area contributed by atoms with E-state index in [1.807, 2.05) is 34.9 Å². The molecule has 0 unspecified atom stereocenters. The van der Waals surface area contributed by atoms with Crippen LogP contribution in [-0.2, 0) is 6.54 Å². The van der Waals surface area contributed by atoms with Crippen LogP contribution in [0.3, 0.4) is 0 Å². The fraction of sp³-hybridized carbons (Fsp3) is 0.179. The van der Waals surface area contributed by atoms with E-state index >= 15 is 0 Å². The number of amides is 1. The Kier molecular flexibility index (Phi) is 6.36. The van der Waals surface area contributed by atoms with Crippen LogP contribution in [0.1, 0.15) is 21.9 Å². The van der Waals surface area contributed by atoms with Gasteiger partial charge in [0, 0.05) is 57.0 Å². The number of hydrogen-bond donors (Lipinski definition) is 1. The van der Waals surface area contributed by atoms with Crippen LogP contribution in [0.25, 0.3) is 28.2 Å². The standard InChI is InChI=1S/C28H24N10O/c29-17-24-31-12-9-23(34-24)28(39)37-15-13-36(14-16-37)18-19-5-7-20(8-6-19)38-26(21-3-1-10-32-25(21)30)35-22-4-2-11-33-27(22)38/h1-12H,13-16,18H2,(H2,30,32). The number of pyridine rings is 2. The molecule has 1 amide bonds. The molecule has 5 aromatic rings. The van der Waals surface area contributed by atoms with Crippen molar-refractivity contribution in [1.29, 1.82) is 5.26 Å². The van der Waals surface area contributed by atoms with Crippen LogP contribution in [0.15, 0.2) is 73.2 Å². The number of aromatic nitrogens is 6. The minimum absolute atomic E-state index is 0.00146. The highest BCUT2D eigenvalue weighted by Crippen LogP contribution is 2.30. The molecule has 1 aromatic carbocycles. The Morgan fingerprint density at radius 1 is 0.897 bits per heavy atom. The van der Waals surface area contributed by atoms with Crippen LogP contribution in [-0.4, -0.2) is 71.4 Å². The van der Waals surface area contributed by atoms with Crippen molar-refractivity contribution in [1.82, 2.24) is 39.3 Å². The molecule has 6 rings (SSSR count). The Morgan fingerprint density at radius 3 is 2.44 bits per heavy atom. The first-order valence-electron chi connectivity index (χ1n) is 12.5. The van der Waals surface area contributed by atoms with Crippen LogP contribution < -0.4 is 5.73 Å². The molecule has 2 N–H and O–H groups in total. The van der Waals surface area contributed by atoms with E-state index in [9.17, 15) is 4.79 Å². The fourth-order valence-corrected chi connectivity index (χ4v) is 4.76. The highest BCUT2D eigenvalue weighted by Gasteiger charge is 2.24. The number of nitrogen functional groups attached to an aromatic ring is 1. The zero-order chi connectivity index (χ0) is 26.8. The molecule has 1 aliphatic heterocycles. The van der Waals surface area contributed by atoms with Crippen molar-refractivity contribution in [2.45, 2.75) is 6.54 Å². The molecule has 4 aromatic heterocycles. The topological polar surface area (TPSA) is 143 Å². The minimum Gasteiger partial charge on any atom is -0.383 e. The van der Waals surface area contributed by atoms with Gasteiger partial charge in [-0.25, -0.2) is 24.9 Å². The van der Waals surface area contributed by atoms with Gasteiger partial charge in [0.05, 0.1) is 5.56 Å². The van der Waals surface area contributed by atoms with E-state index in [0.717, 1.165) is 47.6 Å². The number of benzene rings is 1. The Balaban J connectivity index is 1.17. The Bertz CT molecular complexity index is 1700. The maximum Gasteiger partial charge on any atom is 0.272 e. The van der Waals surface area contributed by atoms with Crippen LogP contribution in [0.5, 0.6) is 0 Å². The highest BCUT2D eigenvalue weighted by atomic mass is 16.2. The van der Waals surface area contributed by atoms with Crippen LogP contribution in [0.4, 0.5) is 5.82 Å². The summed E-state index contributed by atoms with van der Waals surface area (Å²) in [5, 5.41) is 9.00. The predicted octanol–water partition coefficient (Wildman–Crippen LogP) is 2.68. The summed E-state index contributed by atoms with van der Waals surface area (Å²) in [4.78, 5) is 38.4. The molecule has 0 atom stereocenters. The van der Waals surface area contributed by atoms with Crippen molar-refractivity contribution in [3.05, 3.63) is 90.3 Å². The summed E-state index contributed by atoms with van der Waals surface area (Å²) in [6, 6.07) is 19.3. The quantitative estimate of drug-likeness (QED) is 0.373. The Hall–Kier alpha value is -5.21. The van der Waals surface area contributed by atoms with Crippen molar-refractivity contribution >= 4 is 22.9 Å². The molecule has 1 aliphatic rings. The van der Waals surface area contributed by atoms with Crippen molar-refractivity contribution in [3.8, 4) is 23.1 Å². The molecule has 11 heteroatoms. The third-order valence-electron chi connectivity index (χ3n) is 6.73. The molecule has 39 heavy (non-hydrogen) atoms. The van der Waals surface area contributed by atoms with Crippen LogP contribution in [0.2, 0.25) is 0 Å². The first kappa shape index (κ1) is 24.1. The third kappa shape index (κ3) is 4.76. The third-order valence-corrected chi connectivity index (χ3v) is 6.73.